The molecule has 0 spiro atoms. The number of nitrogens with zero attached hydrogens (tertiary/aromatic N) is 5. The topological polar surface area (TPSA) is 86.7 Å². The Balaban J connectivity index is 1.74. The maximum Gasteiger partial charge on any atom is 0.188 e. The summed E-state index contributed by atoms with van der Waals surface area (Å²) in [6.07, 6.45) is 0.559. The first-order chi connectivity index (χ1) is 15.5. The number of thioether (sulfide) groups is 1. The average molecular weight is 478 g/mol. The number of hydrogen-bond acceptors (Lipinski definition) is 7. The van der Waals surface area contributed by atoms with Crippen molar-refractivity contribution >= 4 is 28.9 Å². The van der Waals surface area contributed by atoms with E-state index < -0.39 is 11.9 Å². The summed E-state index contributed by atoms with van der Waals surface area (Å²) in [7, 11) is 1.46. The Bertz CT molecular complexity index is 1260. The smallest absolute Gasteiger partial charge is 0.188 e. The van der Waals surface area contributed by atoms with Crippen molar-refractivity contribution in [2.24, 2.45) is 0 Å². The number of imidazole rings is 1. The van der Waals surface area contributed by atoms with Crippen molar-refractivity contribution in [2.45, 2.75) is 25.1 Å². The van der Waals surface area contributed by atoms with Crippen LogP contribution in [0.3, 0.4) is 0 Å². The van der Waals surface area contributed by atoms with Crippen molar-refractivity contribution in [3.8, 4) is 11.4 Å². The van der Waals surface area contributed by atoms with Crippen molar-refractivity contribution in [3.63, 3.8) is 0 Å². The Kier molecular flexibility index (Phi) is 6.66. The molecule has 32 heavy (non-hydrogen) atoms. The van der Waals surface area contributed by atoms with Gasteiger partial charge in [-0.1, -0.05) is 35.5 Å². The zero-order chi connectivity index (χ0) is 22.8. The minimum Gasteiger partial charge on any atom is -0.464 e. The summed E-state index contributed by atoms with van der Waals surface area (Å²) < 4.78 is 27.7. The summed E-state index contributed by atoms with van der Waals surface area (Å²) >= 11 is 8.03. The third-order valence-electron chi connectivity index (χ3n) is 4.86. The van der Waals surface area contributed by atoms with Gasteiger partial charge in [-0.15, -0.1) is 5.10 Å². The number of fused-ring (bicyclic) bond motifs is 1. The second-order valence-corrected chi connectivity index (χ2v) is 8.48. The van der Waals surface area contributed by atoms with Gasteiger partial charge in [-0.3, -0.25) is 4.40 Å². The van der Waals surface area contributed by atoms with Crippen molar-refractivity contribution < 1.29 is 19.0 Å². The largest absolute Gasteiger partial charge is 0.464 e. The number of aliphatic hydroxyl groups is 1. The molecule has 1 aromatic carbocycles. The van der Waals surface area contributed by atoms with E-state index in [1.807, 2.05) is 17.4 Å². The molecule has 0 radical (unpaired) electrons. The first-order valence-corrected chi connectivity index (χ1v) is 11.1. The lowest BCUT2D eigenvalue weighted by molar-refractivity contribution is 0.0483. The van der Waals surface area contributed by atoms with E-state index in [-0.39, 0.29) is 12.5 Å². The molecule has 0 saturated carbocycles. The van der Waals surface area contributed by atoms with E-state index in [1.165, 1.54) is 23.9 Å². The molecule has 3 heterocycles. The van der Waals surface area contributed by atoms with Crippen LogP contribution in [0.2, 0.25) is 5.02 Å². The summed E-state index contributed by atoms with van der Waals surface area (Å²) in [6, 6.07) is 7.96. The van der Waals surface area contributed by atoms with Gasteiger partial charge in [0.1, 0.15) is 11.8 Å². The molecule has 1 N–H and O–H groups in total. The first kappa shape index (κ1) is 22.5. The molecule has 4 rings (SSSR count). The van der Waals surface area contributed by atoms with Crippen LogP contribution in [0.15, 0.2) is 41.7 Å². The molecule has 0 amide bonds. The molecule has 8 nitrogen and oxygen atoms in total. The summed E-state index contributed by atoms with van der Waals surface area (Å²) in [6.45, 7) is 3.70. The van der Waals surface area contributed by atoms with Crippen LogP contribution >= 0.6 is 23.4 Å². The van der Waals surface area contributed by atoms with Gasteiger partial charge in [0.15, 0.2) is 23.5 Å². The molecule has 0 unspecified atom stereocenters. The molecular formula is C21H21ClFN5O3S. The molecule has 11 heteroatoms. The van der Waals surface area contributed by atoms with Gasteiger partial charge in [0.25, 0.3) is 0 Å². The lowest BCUT2D eigenvalue weighted by Gasteiger charge is -2.15. The van der Waals surface area contributed by atoms with Crippen LogP contribution in [0.5, 0.6) is 5.75 Å². The van der Waals surface area contributed by atoms with Crippen molar-refractivity contribution in [3.05, 3.63) is 64.5 Å². The van der Waals surface area contributed by atoms with Crippen LogP contribution in [0.4, 0.5) is 4.39 Å². The van der Waals surface area contributed by atoms with Crippen LogP contribution in [-0.4, -0.2) is 49.1 Å². The Morgan fingerprint density at radius 1 is 1.28 bits per heavy atom. The molecule has 1 atom stereocenters. The maximum atomic E-state index is 14.4. The lowest BCUT2D eigenvalue weighted by atomic mass is 10.1. The highest BCUT2D eigenvalue weighted by molar-refractivity contribution is 7.99. The van der Waals surface area contributed by atoms with Crippen LogP contribution in [-0.2, 0) is 4.74 Å². The summed E-state index contributed by atoms with van der Waals surface area (Å²) in [5.41, 5.74) is 2.53. The second-order valence-electron chi connectivity index (χ2n) is 6.84. The van der Waals surface area contributed by atoms with E-state index >= 15 is 0 Å². The molecule has 0 aliphatic carbocycles. The first-order valence-electron chi connectivity index (χ1n) is 9.76. The molecule has 0 saturated heterocycles. The Hall–Kier alpha value is -2.66. The summed E-state index contributed by atoms with van der Waals surface area (Å²) in [4.78, 5) is 4.43. The minimum absolute atomic E-state index is 0.0617. The Labute approximate surface area is 192 Å². The molecule has 3 aromatic heterocycles. The van der Waals surface area contributed by atoms with Crippen molar-refractivity contribution in [2.75, 3.05) is 19.7 Å². The Morgan fingerprint density at radius 3 is 2.81 bits per heavy atom. The van der Waals surface area contributed by atoms with Crippen molar-refractivity contribution in [1.82, 2.24) is 24.4 Å². The minimum atomic E-state index is -1.17. The number of halogens is 2. The molecule has 0 bridgehead atoms. The highest BCUT2D eigenvalue weighted by atomic mass is 35.5. The standard InChI is InChI=1S/C21H21ClFN5O3S/c1-4-32-21-24-10-14-5-7-15(22)19(27(14)21)20(29)18-12(2)28(26-25-18)13-6-8-17(16(23)9-13)31-11-30-3/h5-10,20,29H,4,11H2,1-3H3/t20-/m0/s1. The normalized spacial score (nSPS) is 12.4. The van der Waals surface area contributed by atoms with Gasteiger partial charge in [0.2, 0.25) is 0 Å². The number of ether oxygens (including phenoxy) is 2. The van der Waals surface area contributed by atoms with Crippen LogP contribution in [0.1, 0.15) is 30.1 Å². The zero-order valence-corrected chi connectivity index (χ0v) is 19.2. The predicted octanol–water partition coefficient (Wildman–Crippen LogP) is 4.19. The van der Waals surface area contributed by atoms with Gasteiger partial charge in [0, 0.05) is 13.2 Å². The van der Waals surface area contributed by atoms with Gasteiger partial charge in [-0.05, 0) is 36.9 Å². The van der Waals surface area contributed by atoms with Gasteiger partial charge in [-0.2, -0.15) is 0 Å². The van der Waals surface area contributed by atoms with E-state index in [0.717, 1.165) is 16.4 Å². The molecule has 4 aromatic rings. The van der Waals surface area contributed by atoms with E-state index in [0.29, 0.717) is 27.8 Å². The number of methoxy groups -OCH3 is 1. The monoisotopic (exact) mass is 477 g/mol. The molecular weight excluding hydrogens is 457 g/mol. The van der Waals surface area contributed by atoms with Gasteiger partial charge in [-0.25, -0.2) is 14.1 Å². The van der Waals surface area contributed by atoms with Gasteiger partial charge >= 0.3 is 0 Å². The van der Waals surface area contributed by atoms with Gasteiger partial charge < -0.3 is 14.6 Å². The highest BCUT2D eigenvalue weighted by Crippen LogP contribution is 2.33. The number of rotatable bonds is 8. The predicted molar refractivity (Wildman–Crippen MR) is 119 cm³/mol. The van der Waals surface area contributed by atoms with Gasteiger partial charge in [0.05, 0.1) is 33.8 Å². The molecule has 168 valence electrons. The zero-order valence-electron chi connectivity index (χ0n) is 17.6. The maximum absolute atomic E-state index is 14.4. The average Bonchev–Trinajstić information content (AvgIpc) is 3.36. The third kappa shape index (κ3) is 4.06. The number of aromatic nitrogens is 5. The van der Waals surface area contributed by atoms with Crippen molar-refractivity contribution in [1.29, 1.82) is 0 Å². The van der Waals surface area contributed by atoms with Crippen LogP contribution < -0.4 is 4.74 Å². The SMILES string of the molecule is CCSc1ncc2ccc(Cl)c([C@@H](O)c3nnn(-c4ccc(OCOC)c(F)c4)c3C)n12. The second kappa shape index (κ2) is 9.45. The highest BCUT2D eigenvalue weighted by Gasteiger charge is 2.26. The van der Waals surface area contributed by atoms with Crippen LogP contribution in [0.25, 0.3) is 11.2 Å². The molecule has 0 aliphatic heterocycles. The quantitative estimate of drug-likeness (QED) is 0.301. The fraction of sp³-hybridized carbons (Fsp3) is 0.286. The summed E-state index contributed by atoms with van der Waals surface area (Å²) in [5.74, 6) is 0.309. The molecule has 0 fully saturated rings. The van der Waals surface area contributed by atoms with Crippen LogP contribution in [0, 0.1) is 12.7 Å². The fourth-order valence-electron chi connectivity index (χ4n) is 3.37. The van der Waals surface area contributed by atoms with E-state index in [4.69, 9.17) is 21.1 Å². The number of benzene rings is 1. The number of hydrogen-bond donors (Lipinski definition) is 1. The molecule has 0 aliphatic rings. The van der Waals surface area contributed by atoms with E-state index in [9.17, 15) is 9.50 Å². The number of pyridine rings is 1. The van der Waals surface area contributed by atoms with E-state index in [2.05, 4.69) is 15.3 Å². The number of aliphatic hydroxyl groups excluding tert-OH is 1. The Morgan fingerprint density at radius 2 is 2.09 bits per heavy atom. The third-order valence-corrected chi connectivity index (χ3v) is 6.01. The summed E-state index contributed by atoms with van der Waals surface area (Å²) in [5, 5.41) is 20.6. The fourth-order valence-corrected chi connectivity index (χ4v) is 4.34. The van der Waals surface area contributed by atoms with E-state index in [1.54, 1.807) is 37.0 Å². The lowest BCUT2D eigenvalue weighted by Crippen LogP contribution is -2.10.